The van der Waals surface area contributed by atoms with E-state index in [2.05, 4.69) is 31.2 Å². The number of methoxy groups -OCH3 is 1. The van der Waals surface area contributed by atoms with E-state index < -0.39 is 0 Å². The highest BCUT2D eigenvalue weighted by molar-refractivity contribution is 5.22. The van der Waals surface area contributed by atoms with Gasteiger partial charge in [-0.05, 0) is 24.0 Å². The molecule has 0 saturated carbocycles. The standard InChI is InChI=1S/C12H19NO/c1-3-12(13)8-10-4-6-11(7-5-10)9-14-2/h4-7,12H,3,8-9,13H2,1-2H3. The summed E-state index contributed by atoms with van der Waals surface area (Å²) in [7, 11) is 1.71. The number of nitrogens with two attached hydrogens (primary N) is 1. The minimum Gasteiger partial charge on any atom is -0.380 e. The van der Waals surface area contributed by atoms with Gasteiger partial charge in [0.25, 0.3) is 0 Å². The zero-order valence-corrected chi connectivity index (χ0v) is 8.99. The van der Waals surface area contributed by atoms with Gasteiger partial charge < -0.3 is 10.5 Å². The summed E-state index contributed by atoms with van der Waals surface area (Å²) in [6.45, 7) is 2.80. The molecule has 1 unspecified atom stereocenters. The van der Waals surface area contributed by atoms with Crippen LogP contribution in [0, 0.1) is 0 Å². The van der Waals surface area contributed by atoms with Crippen LogP contribution in [0.15, 0.2) is 24.3 Å². The minimum absolute atomic E-state index is 0.281. The Labute approximate surface area is 86.1 Å². The van der Waals surface area contributed by atoms with E-state index in [1.165, 1.54) is 11.1 Å². The summed E-state index contributed by atoms with van der Waals surface area (Å²) in [5.74, 6) is 0. The quantitative estimate of drug-likeness (QED) is 0.777. The molecule has 0 spiro atoms. The molecule has 78 valence electrons. The van der Waals surface area contributed by atoms with Crippen molar-refractivity contribution in [3.05, 3.63) is 35.4 Å². The van der Waals surface area contributed by atoms with Crippen LogP contribution in [0.4, 0.5) is 0 Å². The Balaban J connectivity index is 2.54. The van der Waals surface area contributed by atoms with Crippen LogP contribution in [-0.4, -0.2) is 13.2 Å². The second-order valence-electron chi connectivity index (χ2n) is 3.62. The fourth-order valence-corrected chi connectivity index (χ4v) is 1.39. The van der Waals surface area contributed by atoms with Crippen molar-refractivity contribution < 1.29 is 4.74 Å². The van der Waals surface area contributed by atoms with Crippen molar-refractivity contribution in [1.29, 1.82) is 0 Å². The first-order valence-electron chi connectivity index (χ1n) is 5.08. The average Bonchev–Trinajstić information content (AvgIpc) is 2.21. The third-order valence-electron chi connectivity index (χ3n) is 2.36. The summed E-state index contributed by atoms with van der Waals surface area (Å²) in [6, 6.07) is 8.74. The smallest absolute Gasteiger partial charge is 0.0713 e. The SMILES string of the molecule is CCC(N)Cc1ccc(COC)cc1. The van der Waals surface area contributed by atoms with Gasteiger partial charge >= 0.3 is 0 Å². The number of rotatable bonds is 5. The normalized spacial score (nSPS) is 12.8. The molecule has 0 amide bonds. The van der Waals surface area contributed by atoms with Gasteiger partial charge in [0.2, 0.25) is 0 Å². The zero-order chi connectivity index (χ0) is 10.4. The summed E-state index contributed by atoms with van der Waals surface area (Å²) in [5.41, 5.74) is 8.39. The molecule has 0 fully saturated rings. The topological polar surface area (TPSA) is 35.2 Å². The van der Waals surface area contributed by atoms with E-state index in [1.807, 2.05) is 0 Å². The molecule has 1 aromatic carbocycles. The van der Waals surface area contributed by atoms with Gasteiger partial charge in [-0.25, -0.2) is 0 Å². The van der Waals surface area contributed by atoms with Crippen molar-refractivity contribution in [3.8, 4) is 0 Å². The molecule has 1 rings (SSSR count). The Morgan fingerprint density at radius 1 is 1.21 bits per heavy atom. The van der Waals surface area contributed by atoms with Crippen LogP contribution >= 0.6 is 0 Å². The van der Waals surface area contributed by atoms with E-state index in [4.69, 9.17) is 10.5 Å². The summed E-state index contributed by atoms with van der Waals surface area (Å²) >= 11 is 0. The van der Waals surface area contributed by atoms with Crippen LogP contribution in [-0.2, 0) is 17.8 Å². The molecule has 0 aliphatic carbocycles. The Hall–Kier alpha value is -0.860. The average molecular weight is 193 g/mol. The third-order valence-corrected chi connectivity index (χ3v) is 2.36. The Bertz CT molecular complexity index is 256. The maximum Gasteiger partial charge on any atom is 0.0713 e. The second-order valence-corrected chi connectivity index (χ2v) is 3.62. The fraction of sp³-hybridized carbons (Fsp3) is 0.500. The Morgan fingerprint density at radius 3 is 2.29 bits per heavy atom. The molecule has 0 aromatic heterocycles. The van der Waals surface area contributed by atoms with Gasteiger partial charge in [-0.1, -0.05) is 31.2 Å². The third kappa shape index (κ3) is 3.48. The van der Waals surface area contributed by atoms with Crippen molar-refractivity contribution >= 4 is 0 Å². The maximum atomic E-state index is 5.88. The number of hydrogen-bond donors (Lipinski definition) is 1. The first-order chi connectivity index (χ1) is 6.76. The van der Waals surface area contributed by atoms with E-state index in [0.717, 1.165) is 12.8 Å². The van der Waals surface area contributed by atoms with Crippen LogP contribution in [0.2, 0.25) is 0 Å². The summed E-state index contributed by atoms with van der Waals surface area (Å²) < 4.78 is 5.05. The van der Waals surface area contributed by atoms with E-state index in [-0.39, 0.29) is 6.04 Å². The van der Waals surface area contributed by atoms with Gasteiger partial charge in [0.15, 0.2) is 0 Å². The van der Waals surface area contributed by atoms with Crippen molar-refractivity contribution in [2.45, 2.75) is 32.4 Å². The molecule has 0 saturated heterocycles. The molecule has 0 radical (unpaired) electrons. The van der Waals surface area contributed by atoms with Gasteiger partial charge in [-0.2, -0.15) is 0 Å². The van der Waals surface area contributed by atoms with Crippen molar-refractivity contribution in [2.75, 3.05) is 7.11 Å². The van der Waals surface area contributed by atoms with Gasteiger partial charge in [0, 0.05) is 13.2 Å². The summed E-state index contributed by atoms with van der Waals surface area (Å²) in [4.78, 5) is 0. The van der Waals surface area contributed by atoms with E-state index in [9.17, 15) is 0 Å². The molecule has 0 heterocycles. The van der Waals surface area contributed by atoms with E-state index in [1.54, 1.807) is 7.11 Å². The lowest BCUT2D eigenvalue weighted by Crippen LogP contribution is -2.21. The molecule has 1 atom stereocenters. The minimum atomic E-state index is 0.281. The lowest BCUT2D eigenvalue weighted by atomic mass is 10.0. The highest BCUT2D eigenvalue weighted by Gasteiger charge is 2.00. The lowest BCUT2D eigenvalue weighted by molar-refractivity contribution is 0.185. The van der Waals surface area contributed by atoms with E-state index >= 15 is 0 Å². The number of ether oxygens (including phenoxy) is 1. The van der Waals surface area contributed by atoms with Gasteiger partial charge in [-0.15, -0.1) is 0 Å². The summed E-state index contributed by atoms with van der Waals surface area (Å²) in [6.07, 6.45) is 1.99. The van der Waals surface area contributed by atoms with E-state index in [0.29, 0.717) is 6.61 Å². The molecule has 2 N–H and O–H groups in total. The second kappa shape index (κ2) is 5.78. The monoisotopic (exact) mass is 193 g/mol. The van der Waals surface area contributed by atoms with Crippen LogP contribution in [0.3, 0.4) is 0 Å². The molecular weight excluding hydrogens is 174 g/mol. The molecule has 1 aromatic rings. The zero-order valence-electron chi connectivity index (χ0n) is 8.99. The molecule has 2 heteroatoms. The molecule has 0 aliphatic heterocycles. The fourth-order valence-electron chi connectivity index (χ4n) is 1.39. The van der Waals surface area contributed by atoms with Crippen LogP contribution in [0.25, 0.3) is 0 Å². The van der Waals surface area contributed by atoms with Crippen molar-refractivity contribution in [1.82, 2.24) is 0 Å². The number of benzene rings is 1. The van der Waals surface area contributed by atoms with Gasteiger partial charge in [0.1, 0.15) is 0 Å². The molecule has 2 nitrogen and oxygen atoms in total. The lowest BCUT2D eigenvalue weighted by Gasteiger charge is -2.08. The predicted molar refractivity (Wildman–Crippen MR) is 59.1 cm³/mol. The Morgan fingerprint density at radius 2 is 1.79 bits per heavy atom. The van der Waals surface area contributed by atoms with Gasteiger partial charge in [-0.3, -0.25) is 0 Å². The van der Waals surface area contributed by atoms with Crippen molar-refractivity contribution in [3.63, 3.8) is 0 Å². The van der Waals surface area contributed by atoms with Gasteiger partial charge in [0.05, 0.1) is 6.61 Å². The highest BCUT2D eigenvalue weighted by atomic mass is 16.5. The first-order valence-corrected chi connectivity index (χ1v) is 5.08. The first kappa shape index (κ1) is 11.2. The molecule has 14 heavy (non-hydrogen) atoms. The highest BCUT2D eigenvalue weighted by Crippen LogP contribution is 2.08. The molecule has 0 aliphatic rings. The van der Waals surface area contributed by atoms with Crippen LogP contribution in [0.5, 0.6) is 0 Å². The molecule has 0 bridgehead atoms. The number of hydrogen-bond acceptors (Lipinski definition) is 2. The Kier molecular flexibility index (Phi) is 4.63. The predicted octanol–water partition coefficient (Wildman–Crippen LogP) is 2.11. The van der Waals surface area contributed by atoms with Crippen LogP contribution < -0.4 is 5.73 Å². The maximum absolute atomic E-state index is 5.88. The largest absolute Gasteiger partial charge is 0.380 e. The van der Waals surface area contributed by atoms with Crippen LogP contribution in [0.1, 0.15) is 24.5 Å². The summed E-state index contributed by atoms with van der Waals surface area (Å²) in [5, 5.41) is 0. The van der Waals surface area contributed by atoms with Crippen molar-refractivity contribution in [2.24, 2.45) is 5.73 Å². The molecular formula is C12H19NO.